The lowest BCUT2D eigenvalue weighted by atomic mass is 10.0. The minimum Gasteiger partial charge on any atom is -0.381 e. The average molecular weight is 196 g/mol. The van der Waals surface area contributed by atoms with Crippen molar-refractivity contribution in [2.24, 2.45) is 5.92 Å². The number of hydrogen-bond acceptors (Lipinski definition) is 4. The van der Waals surface area contributed by atoms with Gasteiger partial charge < -0.3 is 4.74 Å². The molecule has 1 aliphatic rings. The Morgan fingerprint density at radius 1 is 1.71 bits per heavy atom. The molecule has 1 heterocycles. The molecule has 0 radical (unpaired) electrons. The van der Waals surface area contributed by atoms with Gasteiger partial charge in [0.05, 0.1) is 19.2 Å². The molecule has 14 heavy (non-hydrogen) atoms. The summed E-state index contributed by atoms with van der Waals surface area (Å²) in [5, 5.41) is 8.38. The molecule has 1 saturated heterocycles. The van der Waals surface area contributed by atoms with Crippen molar-refractivity contribution in [2.75, 3.05) is 33.4 Å². The van der Waals surface area contributed by atoms with E-state index in [-0.39, 0.29) is 11.7 Å². The van der Waals surface area contributed by atoms with Gasteiger partial charge in [0.1, 0.15) is 0 Å². The standard InChI is InChI=1S/C10H16N2O2/c1-12(5-2-4-11)7-10(13)9-3-6-14-8-9/h9H,2-3,5-8H2,1H3. The molecule has 1 rings (SSSR count). The number of nitrogens with zero attached hydrogens (tertiary/aromatic N) is 2. The van der Waals surface area contributed by atoms with Gasteiger partial charge in [-0.1, -0.05) is 0 Å². The maximum absolute atomic E-state index is 11.6. The van der Waals surface area contributed by atoms with E-state index in [2.05, 4.69) is 6.07 Å². The van der Waals surface area contributed by atoms with Crippen LogP contribution in [0.2, 0.25) is 0 Å². The molecule has 0 spiro atoms. The highest BCUT2D eigenvalue weighted by molar-refractivity contribution is 5.83. The van der Waals surface area contributed by atoms with E-state index in [1.54, 1.807) is 0 Å². The van der Waals surface area contributed by atoms with Crippen LogP contribution >= 0.6 is 0 Å². The molecule has 0 aromatic rings. The molecule has 0 aromatic carbocycles. The number of rotatable bonds is 5. The Balaban J connectivity index is 2.22. The Bertz CT molecular complexity index is 229. The van der Waals surface area contributed by atoms with Gasteiger partial charge >= 0.3 is 0 Å². The van der Waals surface area contributed by atoms with E-state index in [0.717, 1.165) is 6.42 Å². The van der Waals surface area contributed by atoms with Crippen LogP contribution in [0.25, 0.3) is 0 Å². The van der Waals surface area contributed by atoms with Crippen molar-refractivity contribution in [3.8, 4) is 6.07 Å². The van der Waals surface area contributed by atoms with Crippen LogP contribution in [0, 0.1) is 17.2 Å². The number of ether oxygens (including phenoxy) is 1. The zero-order valence-corrected chi connectivity index (χ0v) is 8.53. The third kappa shape index (κ3) is 3.44. The molecule has 1 fully saturated rings. The molecular formula is C10H16N2O2. The van der Waals surface area contributed by atoms with Gasteiger partial charge in [0.15, 0.2) is 5.78 Å². The summed E-state index contributed by atoms with van der Waals surface area (Å²) >= 11 is 0. The predicted molar refractivity (Wildman–Crippen MR) is 51.7 cm³/mol. The van der Waals surface area contributed by atoms with E-state index in [1.807, 2.05) is 11.9 Å². The lowest BCUT2D eigenvalue weighted by Gasteiger charge is -2.15. The summed E-state index contributed by atoms with van der Waals surface area (Å²) in [6, 6.07) is 2.06. The fourth-order valence-corrected chi connectivity index (χ4v) is 1.50. The van der Waals surface area contributed by atoms with Crippen molar-refractivity contribution < 1.29 is 9.53 Å². The molecule has 0 N–H and O–H groups in total. The molecular weight excluding hydrogens is 180 g/mol. The van der Waals surface area contributed by atoms with E-state index in [0.29, 0.717) is 32.7 Å². The lowest BCUT2D eigenvalue weighted by molar-refractivity contribution is -0.123. The Morgan fingerprint density at radius 3 is 3.07 bits per heavy atom. The topological polar surface area (TPSA) is 53.3 Å². The first-order valence-electron chi connectivity index (χ1n) is 4.90. The molecule has 1 atom stereocenters. The lowest BCUT2D eigenvalue weighted by Crippen LogP contribution is -2.31. The highest BCUT2D eigenvalue weighted by Gasteiger charge is 2.23. The third-order valence-corrected chi connectivity index (χ3v) is 2.42. The van der Waals surface area contributed by atoms with Crippen LogP contribution in [-0.2, 0) is 9.53 Å². The summed E-state index contributed by atoms with van der Waals surface area (Å²) in [6.07, 6.45) is 1.33. The maximum atomic E-state index is 11.6. The van der Waals surface area contributed by atoms with Crippen molar-refractivity contribution in [3.05, 3.63) is 0 Å². The number of Topliss-reactive ketones (excluding diaryl/α,β-unsaturated/α-hetero) is 1. The highest BCUT2D eigenvalue weighted by Crippen LogP contribution is 2.13. The zero-order chi connectivity index (χ0) is 10.4. The molecule has 78 valence electrons. The van der Waals surface area contributed by atoms with Crippen molar-refractivity contribution in [3.63, 3.8) is 0 Å². The molecule has 4 nitrogen and oxygen atoms in total. The number of hydrogen-bond donors (Lipinski definition) is 0. The Kier molecular flexibility index (Phi) is 4.57. The van der Waals surface area contributed by atoms with E-state index >= 15 is 0 Å². The van der Waals surface area contributed by atoms with Gasteiger partial charge in [-0.2, -0.15) is 5.26 Å². The molecule has 1 aliphatic heterocycles. The van der Waals surface area contributed by atoms with Crippen LogP contribution in [0.1, 0.15) is 12.8 Å². The highest BCUT2D eigenvalue weighted by atomic mass is 16.5. The van der Waals surface area contributed by atoms with Crippen LogP contribution in [0.4, 0.5) is 0 Å². The minimum atomic E-state index is 0.0829. The van der Waals surface area contributed by atoms with E-state index in [9.17, 15) is 4.79 Å². The van der Waals surface area contributed by atoms with Crippen LogP contribution < -0.4 is 0 Å². The average Bonchev–Trinajstić information content (AvgIpc) is 2.67. The maximum Gasteiger partial charge on any atom is 0.152 e. The molecule has 0 saturated carbocycles. The zero-order valence-electron chi connectivity index (χ0n) is 8.53. The molecule has 0 bridgehead atoms. The van der Waals surface area contributed by atoms with Gasteiger partial charge in [-0.15, -0.1) is 0 Å². The fraction of sp³-hybridized carbons (Fsp3) is 0.800. The monoisotopic (exact) mass is 196 g/mol. The number of likely N-dealkylation sites (N-methyl/N-ethyl adjacent to an activating group) is 1. The van der Waals surface area contributed by atoms with Crippen LogP contribution in [0.3, 0.4) is 0 Å². The quantitative estimate of drug-likeness (QED) is 0.640. The first-order valence-corrected chi connectivity index (χ1v) is 4.90. The second-order valence-corrected chi connectivity index (χ2v) is 3.67. The van der Waals surface area contributed by atoms with E-state index in [4.69, 9.17) is 10.00 Å². The summed E-state index contributed by atoms with van der Waals surface area (Å²) < 4.78 is 5.15. The molecule has 0 amide bonds. The van der Waals surface area contributed by atoms with Gasteiger partial charge in [-0.3, -0.25) is 9.69 Å². The molecule has 4 heteroatoms. The normalized spacial score (nSPS) is 21.1. The smallest absolute Gasteiger partial charge is 0.152 e. The van der Waals surface area contributed by atoms with Crippen molar-refractivity contribution in [1.29, 1.82) is 5.26 Å². The van der Waals surface area contributed by atoms with Crippen LogP contribution in [0.15, 0.2) is 0 Å². The second kappa shape index (κ2) is 5.74. The first kappa shape index (κ1) is 11.2. The van der Waals surface area contributed by atoms with Crippen LogP contribution in [0.5, 0.6) is 0 Å². The van der Waals surface area contributed by atoms with Gasteiger partial charge in [-0.25, -0.2) is 0 Å². The first-order chi connectivity index (χ1) is 6.74. The summed E-state index contributed by atoms with van der Waals surface area (Å²) in [5.41, 5.74) is 0. The Hall–Kier alpha value is -0.920. The van der Waals surface area contributed by atoms with Crippen molar-refractivity contribution in [1.82, 2.24) is 4.90 Å². The third-order valence-electron chi connectivity index (χ3n) is 2.42. The molecule has 0 aliphatic carbocycles. The number of ketones is 1. The van der Waals surface area contributed by atoms with E-state index < -0.39 is 0 Å². The van der Waals surface area contributed by atoms with Gasteiger partial charge in [0, 0.05) is 25.5 Å². The number of carbonyl (C=O) groups is 1. The number of nitriles is 1. The van der Waals surface area contributed by atoms with Gasteiger partial charge in [0.2, 0.25) is 0 Å². The second-order valence-electron chi connectivity index (χ2n) is 3.67. The molecule has 1 unspecified atom stereocenters. The number of carbonyl (C=O) groups excluding carboxylic acids is 1. The predicted octanol–water partition coefficient (Wildman–Crippen LogP) is 0.437. The largest absolute Gasteiger partial charge is 0.381 e. The van der Waals surface area contributed by atoms with Gasteiger partial charge in [-0.05, 0) is 13.5 Å². The van der Waals surface area contributed by atoms with Crippen molar-refractivity contribution in [2.45, 2.75) is 12.8 Å². The van der Waals surface area contributed by atoms with E-state index in [1.165, 1.54) is 0 Å². The Morgan fingerprint density at radius 2 is 2.50 bits per heavy atom. The summed E-state index contributed by atoms with van der Waals surface area (Å²) in [7, 11) is 1.87. The fourth-order valence-electron chi connectivity index (χ4n) is 1.50. The SMILES string of the molecule is CN(CCC#N)CC(=O)C1CCOC1. The Labute approximate surface area is 84.4 Å². The molecule has 0 aromatic heterocycles. The minimum absolute atomic E-state index is 0.0829. The van der Waals surface area contributed by atoms with Crippen LogP contribution in [-0.4, -0.2) is 44.0 Å². The summed E-state index contributed by atoms with van der Waals surface area (Å²) in [5.74, 6) is 0.322. The summed E-state index contributed by atoms with van der Waals surface area (Å²) in [6.45, 7) is 2.38. The van der Waals surface area contributed by atoms with Gasteiger partial charge in [0.25, 0.3) is 0 Å². The summed E-state index contributed by atoms with van der Waals surface area (Å²) in [4.78, 5) is 13.5. The van der Waals surface area contributed by atoms with Crippen molar-refractivity contribution >= 4 is 5.78 Å².